The van der Waals surface area contributed by atoms with Crippen LogP contribution in [-0.2, 0) is 9.59 Å². The van der Waals surface area contributed by atoms with Crippen LogP contribution in [0.1, 0.15) is 18.5 Å². The monoisotopic (exact) mass is 364 g/mol. The molecule has 0 aromatic heterocycles. The summed E-state index contributed by atoms with van der Waals surface area (Å²) in [5.74, 6) is -0.511. The maximum absolute atomic E-state index is 12.5. The number of carbonyl (C=O) groups excluding carboxylic acids is 2. The highest BCUT2D eigenvalue weighted by atomic mass is 16.5. The number of methoxy groups -OCH3 is 2. The number of hydrogen-bond acceptors (Lipinski definition) is 7. The van der Waals surface area contributed by atoms with Crippen molar-refractivity contribution < 1.29 is 29.3 Å². The summed E-state index contributed by atoms with van der Waals surface area (Å²) >= 11 is 0. The first-order valence-electron chi connectivity index (χ1n) is 8.24. The lowest BCUT2D eigenvalue weighted by atomic mass is 9.95. The third-order valence-electron chi connectivity index (χ3n) is 4.24. The molecule has 26 heavy (non-hydrogen) atoms. The van der Waals surface area contributed by atoms with E-state index in [1.54, 1.807) is 18.2 Å². The number of carbonyl (C=O) groups is 2. The van der Waals surface area contributed by atoms with Gasteiger partial charge in [0, 0.05) is 31.3 Å². The van der Waals surface area contributed by atoms with Crippen molar-refractivity contribution >= 4 is 11.7 Å². The summed E-state index contributed by atoms with van der Waals surface area (Å²) in [6, 6.07) is 4.33. The molecule has 0 saturated carbocycles. The summed E-state index contributed by atoms with van der Waals surface area (Å²) in [6.45, 7) is 2.33. The summed E-state index contributed by atoms with van der Waals surface area (Å²) < 4.78 is 10.6. The molecule has 142 valence electrons. The van der Waals surface area contributed by atoms with E-state index in [2.05, 4.69) is 5.32 Å². The van der Waals surface area contributed by atoms with Crippen LogP contribution in [0, 0.1) is 0 Å². The Hall–Kier alpha value is -2.58. The average Bonchev–Trinajstić information content (AvgIpc) is 2.89. The minimum atomic E-state index is -0.753. The molecule has 1 aliphatic rings. The molecule has 0 fully saturated rings. The van der Waals surface area contributed by atoms with Crippen molar-refractivity contribution in [3.8, 4) is 11.5 Å². The third-order valence-corrected chi connectivity index (χ3v) is 4.24. The van der Waals surface area contributed by atoms with Crippen LogP contribution < -0.4 is 14.8 Å². The van der Waals surface area contributed by atoms with Crippen molar-refractivity contribution in [3.63, 3.8) is 0 Å². The van der Waals surface area contributed by atoms with Gasteiger partial charge in [-0.3, -0.25) is 9.59 Å². The molecule has 0 unspecified atom stereocenters. The summed E-state index contributed by atoms with van der Waals surface area (Å²) in [6.07, 6.45) is 0. The van der Waals surface area contributed by atoms with Gasteiger partial charge in [-0.15, -0.1) is 0 Å². The van der Waals surface area contributed by atoms with Gasteiger partial charge < -0.3 is 29.9 Å². The normalized spacial score (nSPS) is 17.0. The van der Waals surface area contributed by atoms with Crippen LogP contribution in [-0.4, -0.2) is 67.3 Å². The SMILES string of the molecule is COc1ccc([C@H]2C(C(C)=O)=C(O)C(=O)N2CCNCCO)c(OC)c1. The van der Waals surface area contributed by atoms with E-state index < -0.39 is 17.7 Å². The Bertz CT molecular complexity index is 716. The molecular weight excluding hydrogens is 340 g/mol. The van der Waals surface area contributed by atoms with Gasteiger partial charge >= 0.3 is 0 Å². The Kier molecular flexibility index (Phi) is 6.59. The van der Waals surface area contributed by atoms with Crippen molar-refractivity contribution in [2.24, 2.45) is 0 Å². The van der Waals surface area contributed by atoms with Crippen molar-refractivity contribution in [2.45, 2.75) is 13.0 Å². The van der Waals surface area contributed by atoms with Gasteiger partial charge in [-0.05, 0) is 19.1 Å². The van der Waals surface area contributed by atoms with Crippen molar-refractivity contribution in [1.82, 2.24) is 10.2 Å². The second-order valence-electron chi connectivity index (χ2n) is 5.80. The van der Waals surface area contributed by atoms with Gasteiger partial charge in [0.15, 0.2) is 11.5 Å². The standard InChI is InChI=1S/C18H24N2O6/c1-11(22)15-16(13-5-4-12(25-2)10-14(13)26-3)20(18(24)17(15)23)8-6-19-7-9-21/h4-5,10,16,19,21,23H,6-9H2,1-3H3/t16-/m0/s1. The first-order chi connectivity index (χ1) is 12.5. The minimum absolute atomic E-state index is 0.0220. The predicted octanol–water partition coefficient (Wildman–Crippen LogP) is 0.570. The van der Waals surface area contributed by atoms with Gasteiger partial charge in [-0.1, -0.05) is 0 Å². The molecule has 1 amide bonds. The highest BCUT2D eigenvalue weighted by Crippen LogP contribution is 2.42. The lowest BCUT2D eigenvalue weighted by Gasteiger charge is -2.28. The first kappa shape index (κ1) is 19.7. The number of amides is 1. The van der Waals surface area contributed by atoms with E-state index in [1.807, 2.05) is 0 Å². The summed E-state index contributed by atoms with van der Waals surface area (Å²) in [5.41, 5.74) is 0.624. The number of aliphatic hydroxyl groups excluding tert-OH is 2. The van der Waals surface area contributed by atoms with E-state index in [1.165, 1.54) is 26.0 Å². The number of ketones is 1. The molecule has 0 bridgehead atoms. The van der Waals surface area contributed by atoms with Gasteiger partial charge in [0.05, 0.1) is 32.4 Å². The van der Waals surface area contributed by atoms with Gasteiger partial charge in [0.1, 0.15) is 11.5 Å². The number of benzene rings is 1. The molecule has 1 aliphatic heterocycles. The second-order valence-corrected chi connectivity index (χ2v) is 5.80. The predicted molar refractivity (Wildman–Crippen MR) is 94.3 cm³/mol. The molecule has 0 aliphatic carbocycles. The fraction of sp³-hybridized carbons (Fsp3) is 0.444. The molecule has 2 rings (SSSR count). The van der Waals surface area contributed by atoms with Crippen molar-refractivity contribution in [1.29, 1.82) is 0 Å². The fourth-order valence-corrected chi connectivity index (χ4v) is 3.02. The lowest BCUT2D eigenvalue weighted by molar-refractivity contribution is -0.129. The molecule has 8 heteroatoms. The van der Waals surface area contributed by atoms with E-state index in [0.717, 1.165) is 0 Å². The minimum Gasteiger partial charge on any atom is -0.503 e. The Morgan fingerprint density at radius 1 is 1.27 bits per heavy atom. The quantitative estimate of drug-likeness (QED) is 0.550. The zero-order valence-electron chi connectivity index (χ0n) is 15.1. The molecule has 0 saturated heterocycles. The van der Waals surface area contributed by atoms with Crippen molar-refractivity contribution in [2.75, 3.05) is 40.5 Å². The highest BCUT2D eigenvalue weighted by Gasteiger charge is 2.43. The molecule has 1 atom stereocenters. The Balaban J connectivity index is 2.44. The number of ether oxygens (including phenoxy) is 2. The topological polar surface area (TPSA) is 108 Å². The van der Waals surface area contributed by atoms with E-state index in [0.29, 0.717) is 30.2 Å². The third kappa shape index (κ3) is 3.81. The molecular formula is C18H24N2O6. The smallest absolute Gasteiger partial charge is 0.290 e. The van der Waals surface area contributed by atoms with Crippen molar-refractivity contribution in [3.05, 3.63) is 35.1 Å². The maximum atomic E-state index is 12.5. The van der Waals surface area contributed by atoms with Gasteiger partial charge in [-0.2, -0.15) is 0 Å². The number of nitrogens with zero attached hydrogens (tertiary/aromatic N) is 1. The van der Waals surface area contributed by atoms with E-state index in [-0.39, 0.29) is 24.5 Å². The number of rotatable bonds is 9. The number of hydrogen-bond donors (Lipinski definition) is 3. The van der Waals surface area contributed by atoms with Gasteiger partial charge in [0.2, 0.25) is 0 Å². The molecule has 0 radical (unpaired) electrons. The number of nitrogens with one attached hydrogen (secondary N) is 1. The molecule has 0 spiro atoms. The molecule has 3 N–H and O–H groups in total. The van der Waals surface area contributed by atoms with Gasteiger partial charge in [0.25, 0.3) is 5.91 Å². The summed E-state index contributed by atoms with van der Waals surface area (Å²) in [4.78, 5) is 26.1. The largest absolute Gasteiger partial charge is 0.503 e. The van der Waals surface area contributed by atoms with E-state index in [4.69, 9.17) is 14.6 Å². The van der Waals surface area contributed by atoms with Crippen LogP contribution in [0.4, 0.5) is 0 Å². The zero-order valence-corrected chi connectivity index (χ0v) is 15.1. The lowest BCUT2D eigenvalue weighted by Crippen LogP contribution is -2.37. The van der Waals surface area contributed by atoms with Crippen LogP contribution >= 0.6 is 0 Å². The maximum Gasteiger partial charge on any atom is 0.290 e. The van der Waals surface area contributed by atoms with Crippen LogP contribution in [0.2, 0.25) is 0 Å². The van der Waals surface area contributed by atoms with Gasteiger partial charge in [-0.25, -0.2) is 0 Å². The van der Waals surface area contributed by atoms with Crippen LogP contribution in [0.15, 0.2) is 29.5 Å². The molecule has 1 aromatic carbocycles. The summed E-state index contributed by atoms with van der Waals surface area (Å²) in [5, 5.41) is 22.1. The second kappa shape index (κ2) is 8.68. The fourth-order valence-electron chi connectivity index (χ4n) is 3.02. The van der Waals surface area contributed by atoms with E-state index >= 15 is 0 Å². The molecule has 1 heterocycles. The Morgan fingerprint density at radius 3 is 2.58 bits per heavy atom. The van der Waals surface area contributed by atoms with Crippen LogP contribution in [0.3, 0.4) is 0 Å². The molecule has 8 nitrogen and oxygen atoms in total. The summed E-state index contributed by atoms with van der Waals surface area (Å²) in [7, 11) is 3.01. The van der Waals surface area contributed by atoms with E-state index in [9.17, 15) is 14.7 Å². The first-order valence-corrected chi connectivity index (χ1v) is 8.24. The Morgan fingerprint density at radius 2 is 2.00 bits per heavy atom. The number of aliphatic hydroxyl groups is 2. The van der Waals surface area contributed by atoms with Crippen LogP contribution in [0.25, 0.3) is 0 Å². The Labute approximate surface area is 152 Å². The zero-order chi connectivity index (χ0) is 19.3. The highest BCUT2D eigenvalue weighted by molar-refractivity contribution is 6.08. The number of Topliss-reactive ketones (excluding diaryl/α,β-unsaturated/α-hetero) is 1. The van der Waals surface area contributed by atoms with Crippen LogP contribution in [0.5, 0.6) is 11.5 Å². The molecule has 1 aromatic rings. The average molecular weight is 364 g/mol.